The van der Waals surface area contributed by atoms with Crippen molar-refractivity contribution in [1.29, 1.82) is 0 Å². The molecule has 1 saturated heterocycles. The van der Waals surface area contributed by atoms with Crippen molar-refractivity contribution in [3.8, 4) is 5.75 Å². The normalized spacial score (nSPS) is 27.2. The van der Waals surface area contributed by atoms with E-state index >= 15 is 0 Å². The third-order valence-electron chi connectivity index (χ3n) is 5.81. The Bertz CT molecular complexity index is 841. The summed E-state index contributed by atoms with van der Waals surface area (Å²) in [5.74, 6) is 0.979. The number of ether oxygens (including phenoxy) is 2. The van der Waals surface area contributed by atoms with Crippen molar-refractivity contribution in [2.75, 3.05) is 19.8 Å². The standard InChI is InChI=1S/C20H27F3N2O5S/c21-20(22,23)31(27,28)25-17-9-10-24-18(17)13-30-15-7-5-14(6-8-15)16-3-1-2-4-19(16)29-12-11-26/h1-4,11,14-15,17-18,24-25H,5-10,12-13H2/t14-,15+,17?,18?. The summed E-state index contributed by atoms with van der Waals surface area (Å²) < 4.78 is 73.9. The van der Waals surface area contributed by atoms with Crippen molar-refractivity contribution in [2.45, 2.75) is 61.7 Å². The molecule has 3 rings (SSSR count). The summed E-state index contributed by atoms with van der Waals surface area (Å²) in [4.78, 5) is 10.6. The van der Waals surface area contributed by atoms with Gasteiger partial charge in [-0.05, 0) is 56.2 Å². The van der Waals surface area contributed by atoms with E-state index in [1.54, 1.807) is 4.72 Å². The summed E-state index contributed by atoms with van der Waals surface area (Å²) in [5.41, 5.74) is -4.27. The van der Waals surface area contributed by atoms with Crippen LogP contribution in [0, 0.1) is 0 Å². The number of carbonyl (C=O) groups is 1. The summed E-state index contributed by atoms with van der Waals surface area (Å²) in [6, 6.07) is 6.26. The van der Waals surface area contributed by atoms with E-state index in [1.807, 2.05) is 24.3 Å². The SMILES string of the molecule is O=CCOc1ccccc1[C@H]1CC[C@@H](OCC2NCCC2NS(=O)(=O)C(F)(F)F)CC1. The van der Waals surface area contributed by atoms with Crippen LogP contribution < -0.4 is 14.8 Å². The van der Waals surface area contributed by atoms with Gasteiger partial charge in [-0.2, -0.15) is 13.2 Å². The van der Waals surface area contributed by atoms with Crippen LogP contribution in [0.4, 0.5) is 13.2 Å². The maximum absolute atomic E-state index is 12.6. The zero-order valence-electron chi connectivity index (χ0n) is 16.9. The highest BCUT2D eigenvalue weighted by Crippen LogP contribution is 2.38. The quantitative estimate of drug-likeness (QED) is 0.546. The molecule has 1 saturated carbocycles. The minimum absolute atomic E-state index is 0.00309. The minimum atomic E-state index is -5.39. The fourth-order valence-electron chi connectivity index (χ4n) is 4.20. The molecule has 2 atom stereocenters. The number of carbonyl (C=O) groups excluding carboxylic acids is 1. The summed E-state index contributed by atoms with van der Waals surface area (Å²) in [6.07, 6.45) is 4.20. The van der Waals surface area contributed by atoms with E-state index in [-0.39, 0.29) is 31.7 Å². The number of aldehydes is 1. The second-order valence-electron chi connectivity index (χ2n) is 7.85. The Hall–Kier alpha value is -1.69. The molecule has 0 radical (unpaired) electrons. The zero-order valence-corrected chi connectivity index (χ0v) is 17.8. The summed E-state index contributed by atoms with van der Waals surface area (Å²) >= 11 is 0. The van der Waals surface area contributed by atoms with E-state index in [2.05, 4.69) is 5.32 Å². The van der Waals surface area contributed by atoms with Crippen LogP contribution in [-0.4, -0.2) is 58.2 Å². The van der Waals surface area contributed by atoms with Gasteiger partial charge in [0.05, 0.1) is 12.7 Å². The molecule has 1 aliphatic heterocycles. The van der Waals surface area contributed by atoms with Gasteiger partial charge < -0.3 is 14.8 Å². The smallest absolute Gasteiger partial charge is 0.486 e. The predicted octanol–water partition coefficient (Wildman–Crippen LogP) is 2.48. The van der Waals surface area contributed by atoms with Gasteiger partial charge in [0.2, 0.25) is 0 Å². The maximum Gasteiger partial charge on any atom is 0.511 e. The molecule has 1 heterocycles. The van der Waals surface area contributed by atoms with Crippen molar-refractivity contribution in [1.82, 2.24) is 10.0 Å². The van der Waals surface area contributed by atoms with Gasteiger partial charge in [-0.3, -0.25) is 4.79 Å². The first-order chi connectivity index (χ1) is 14.7. The van der Waals surface area contributed by atoms with Gasteiger partial charge in [-0.15, -0.1) is 0 Å². The molecule has 0 amide bonds. The van der Waals surface area contributed by atoms with Crippen LogP contribution in [0.15, 0.2) is 24.3 Å². The van der Waals surface area contributed by atoms with Crippen molar-refractivity contribution < 1.29 is 35.9 Å². The molecular weight excluding hydrogens is 437 g/mol. The van der Waals surface area contributed by atoms with Gasteiger partial charge in [-0.1, -0.05) is 18.2 Å². The van der Waals surface area contributed by atoms with E-state index in [4.69, 9.17) is 9.47 Å². The molecular formula is C20H27F3N2O5S. The van der Waals surface area contributed by atoms with Gasteiger partial charge in [0, 0.05) is 12.1 Å². The minimum Gasteiger partial charge on any atom is -0.486 e. The molecule has 11 heteroatoms. The average molecular weight is 465 g/mol. The second-order valence-corrected chi connectivity index (χ2v) is 9.55. The number of hydrogen-bond acceptors (Lipinski definition) is 6. The van der Waals surface area contributed by atoms with Crippen molar-refractivity contribution >= 4 is 16.3 Å². The van der Waals surface area contributed by atoms with Gasteiger partial charge in [0.15, 0.2) is 6.29 Å². The lowest BCUT2D eigenvalue weighted by Gasteiger charge is -2.31. The molecule has 2 N–H and O–H groups in total. The van der Waals surface area contributed by atoms with Crippen LogP contribution in [0.1, 0.15) is 43.6 Å². The molecule has 2 aliphatic rings. The Kier molecular flexibility index (Phi) is 7.95. The van der Waals surface area contributed by atoms with E-state index in [9.17, 15) is 26.4 Å². The molecule has 2 fully saturated rings. The number of rotatable bonds is 9. The van der Waals surface area contributed by atoms with Crippen molar-refractivity contribution in [3.63, 3.8) is 0 Å². The topological polar surface area (TPSA) is 93.7 Å². The van der Waals surface area contributed by atoms with Crippen molar-refractivity contribution in [2.24, 2.45) is 0 Å². The number of nitrogens with one attached hydrogen (secondary N) is 2. The average Bonchev–Trinajstić information content (AvgIpc) is 3.17. The number of para-hydroxylation sites is 1. The molecule has 1 aliphatic carbocycles. The highest BCUT2D eigenvalue weighted by atomic mass is 32.2. The van der Waals surface area contributed by atoms with E-state index in [0.717, 1.165) is 31.2 Å². The van der Waals surface area contributed by atoms with Crippen LogP contribution in [0.5, 0.6) is 5.75 Å². The van der Waals surface area contributed by atoms with E-state index in [0.29, 0.717) is 18.6 Å². The predicted molar refractivity (Wildman–Crippen MR) is 107 cm³/mol. The fourth-order valence-corrected chi connectivity index (χ4v) is 5.02. The number of hydrogen-bond donors (Lipinski definition) is 2. The lowest BCUT2D eigenvalue weighted by atomic mass is 9.82. The third-order valence-corrected chi connectivity index (χ3v) is 7.03. The van der Waals surface area contributed by atoms with E-state index in [1.165, 1.54) is 0 Å². The number of sulfonamides is 1. The zero-order chi connectivity index (χ0) is 22.5. The Morgan fingerprint density at radius 1 is 1.13 bits per heavy atom. The number of benzene rings is 1. The highest BCUT2D eigenvalue weighted by Gasteiger charge is 2.48. The highest BCUT2D eigenvalue weighted by molar-refractivity contribution is 7.90. The first-order valence-corrected chi connectivity index (χ1v) is 11.8. The van der Waals surface area contributed by atoms with Crippen LogP contribution in [0.3, 0.4) is 0 Å². The molecule has 174 valence electrons. The molecule has 1 aromatic carbocycles. The molecule has 31 heavy (non-hydrogen) atoms. The van der Waals surface area contributed by atoms with Gasteiger partial charge in [0.1, 0.15) is 12.4 Å². The fraction of sp³-hybridized carbons (Fsp3) is 0.650. The number of halogens is 3. The first-order valence-electron chi connectivity index (χ1n) is 10.3. The summed E-state index contributed by atoms with van der Waals surface area (Å²) in [7, 11) is -5.39. The van der Waals surface area contributed by atoms with Crippen molar-refractivity contribution in [3.05, 3.63) is 29.8 Å². The third kappa shape index (κ3) is 6.18. The summed E-state index contributed by atoms with van der Waals surface area (Å²) in [5, 5.41) is 3.02. The Labute approximate surface area is 179 Å². The second kappa shape index (κ2) is 10.3. The van der Waals surface area contributed by atoms with Gasteiger partial charge in [-0.25, -0.2) is 13.1 Å². The lowest BCUT2D eigenvalue weighted by Crippen LogP contribution is -2.49. The van der Waals surface area contributed by atoms with Crippen LogP contribution >= 0.6 is 0 Å². The Balaban J connectivity index is 1.49. The molecule has 0 spiro atoms. The number of alkyl halides is 3. The van der Waals surface area contributed by atoms with Crippen LogP contribution in [0.25, 0.3) is 0 Å². The van der Waals surface area contributed by atoms with E-state index < -0.39 is 27.6 Å². The molecule has 7 nitrogen and oxygen atoms in total. The molecule has 2 unspecified atom stereocenters. The molecule has 0 aromatic heterocycles. The lowest BCUT2D eigenvalue weighted by molar-refractivity contribution is -0.109. The monoisotopic (exact) mass is 464 g/mol. The Morgan fingerprint density at radius 2 is 1.84 bits per heavy atom. The van der Waals surface area contributed by atoms with Gasteiger partial charge >= 0.3 is 15.5 Å². The largest absolute Gasteiger partial charge is 0.511 e. The maximum atomic E-state index is 12.6. The van der Waals surface area contributed by atoms with Crippen LogP contribution in [0.2, 0.25) is 0 Å². The van der Waals surface area contributed by atoms with Gasteiger partial charge in [0.25, 0.3) is 0 Å². The first kappa shape index (κ1) is 24.0. The molecule has 0 bridgehead atoms. The molecule has 1 aromatic rings. The van der Waals surface area contributed by atoms with Crippen LogP contribution in [-0.2, 0) is 19.6 Å². The Morgan fingerprint density at radius 3 is 2.52 bits per heavy atom. The summed E-state index contributed by atoms with van der Waals surface area (Å²) in [6.45, 7) is 0.561.